The fourth-order valence-electron chi connectivity index (χ4n) is 6.67. The summed E-state index contributed by atoms with van der Waals surface area (Å²) in [5.41, 5.74) is 1.96. The van der Waals surface area contributed by atoms with Crippen molar-refractivity contribution < 1.29 is 34.4 Å². The summed E-state index contributed by atoms with van der Waals surface area (Å²) in [5.74, 6) is 1.50. The van der Waals surface area contributed by atoms with Crippen LogP contribution in [0.3, 0.4) is 0 Å². The molecule has 0 bridgehead atoms. The maximum atomic E-state index is 11.7. The van der Waals surface area contributed by atoms with Crippen LogP contribution in [-0.4, -0.2) is 15.9 Å². The summed E-state index contributed by atoms with van der Waals surface area (Å²) in [6.07, 6.45) is 6.82. The van der Waals surface area contributed by atoms with Gasteiger partial charge in [-0.15, -0.1) is 23.6 Å². The number of aliphatic hydroxyl groups is 1. The number of pyridine rings is 1. The van der Waals surface area contributed by atoms with Crippen molar-refractivity contribution in [1.82, 2.24) is 4.98 Å². The van der Waals surface area contributed by atoms with Crippen molar-refractivity contribution >= 4 is 70.7 Å². The summed E-state index contributed by atoms with van der Waals surface area (Å²) >= 11 is 0. The standard InChI is InChI=1S/C26H14NO.C13H24O2.Ir/c1-14-22-20-12-15-6-2-3-7-16(15)13-21(20)25-23-18(10-11-27-25)17-8-4-5-9-19(17)26(28-14)24(22)23;1-5-10(6-2)12(14)9-13(15)11(7-3)8-4;/h2-12H,1H3;9-11,14H,5-8H2,1-4H3;/q-1;;/b;12-9-;. The van der Waals surface area contributed by atoms with Crippen molar-refractivity contribution in [1.29, 1.82) is 0 Å². The number of ketones is 1. The largest absolute Gasteiger partial charge is 0.512 e. The molecule has 0 saturated heterocycles. The van der Waals surface area contributed by atoms with E-state index < -0.39 is 0 Å². The molecule has 0 aliphatic carbocycles. The van der Waals surface area contributed by atoms with Gasteiger partial charge in [-0.05, 0) is 60.2 Å². The van der Waals surface area contributed by atoms with Crippen LogP contribution in [0.15, 0.2) is 83.1 Å². The minimum atomic E-state index is 0. The van der Waals surface area contributed by atoms with Gasteiger partial charge in [-0.25, -0.2) is 0 Å². The number of allylic oxidation sites excluding steroid dienone is 2. The summed E-state index contributed by atoms with van der Waals surface area (Å²) in [5, 5.41) is 21.4. The third-order valence-corrected chi connectivity index (χ3v) is 9.12. The summed E-state index contributed by atoms with van der Waals surface area (Å²) < 4.78 is 6.37. The predicted molar refractivity (Wildman–Crippen MR) is 180 cm³/mol. The Morgan fingerprint density at radius 1 is 0.841 bits per heavy atom. The Bertz CT molecular complexity index is 2130. The van der Waals surface area contributed by atoms with E-state index in [0.29, 0.717) is 0 Å². The maximum absolute atomic E-state index is 11.7. The van der Waals surface area contributed by atoms with Crippen molar-refractivity contribution in [2.24, 2.45) is 11.8 Å². The van der Waals surface area contributed by atoms with Gasteiger partial charge < -0.3 is 9.52 Å². The Kier molecular flexibility index (Phi) is 9.39. The van der Waals surface area contributed by atoms with Gasteiger partial charge in [-0.3, -0.25) is 9.78 Å². The quantitative estimate of drug-likeness (QED) is 0.0578. The molecule has 0 amide bonds. The van der Waals surface area contributed by atoms with Crippen LogP contribution in [0.1, 0.15) is 59.1 Å². The van der Waals surface area contributed by atoms with E-state index in [1.165, 1.54) is 38.4 Å². The van der Waals surface area contributed by atoms with Gasteiger partial charge in [0.05, 0.1) is 5.76 Å². The van der Waals surface area contributed by atoms with Crippen molar-refractivity contribution in [2.45, 2.75) is 60.3 Å². The van der Waals surface area contributed by atoms with Gasteiger partial charge in [0.2, 0.25) is 0 Å². The number of aliphatic hydroxyl groups excluding tert-OH is 1. The SMILES string of the molecule is CCC(CC)C(=O)/C=C(\O)C(CC)CC.Cc1oc2c3ccccc3c3ccnc4c5[c-]c6ccccc6cc5c1c2c34.[Ir]. The normalized spacial score (nSPS) is 12.2. The molecule has 44 heavy (non-hydrogen) atoms. The van der Waals surface area contributed by atoms with Gasteiger partial charge in [-0.2, -0.15) is 0 Å². The third kappa shape index (κ3) is 5.27. The number of furan rings is 1. The van der Waals surface area contributed by atoms with Crippen molar-refractivity contribution in [3.05, 3.63) is 90.5 Å². The first-order valence-electron chi connectivity index (χ1n) is 15.5. The first-order valence-corrected chi connectivity index (χ1v) is 15.5. The topological polar surface area (TPSA) is 63.3 Å². The van der Waals surface area contributed by atoms with Gasteiger partial charge in [0.25, 0.3) is 0 Å². The summed E-state index contributed by atoms with van der Waals surface area (Å²) in [6.45, 7) is 10.1. The molecule has 1 N–H and O–H groups in total. The summed E-state index contributed by atoms with van der Waals surface area (Å²) in [7, 11) is 0. The van der Waals surface area contributed by atoms with E-state index in [0.717, 1.165) is 64.1 Å². The van der Waals surface area contributed by atoms with E-state index in [-0.39, 0.29) is 43.5 Å². The second-order valence-corrected chi connectivity index (χ2v) is 11.5. The zero-order valence-corrected chi connectivity index (χ0v) is 28.4. The van der Waals surface area contributed by atoms with Crippen LogP contribution in [0.5, 0.6) is 0 Å². The molecule has 0 saturated carbocycles. The smallest absolute Gasteiger partial charge is 0.162 e. The minimum absolute atomic E-state index is 0. The zero-order valence-electron chi connectivity index (χ0n) is 26.0. The maximum Gasteiger partial charge on any atom is 0.162 e. The molecule has 2 heterocycles. The molecule has 5 aromatic carbocycles. The molecule has 0 unspecified atom stereocenters. The molecule has 1 radical (unpaired) electrons. The number of aromatic nitrogens is 1. The van der Waals surface area contributed by atoms with Crippen molar-refractivity contribution in [3.8, 4) is 0 Å². The minimum Gasteiger partial charge on any atom is -0.512 e. The number of rotatable bonds is 7. The monoisotopic (exact) mass is 761 g/mol. The summed E-state index contributed by atoms with van der Waals surface area (Å²) in [4.78, 5) is 16.5. The fourth-order valence-corrected chi connectivity index (χ4v) is 6.67. The molecule has 0 aliphatic rings. The van der Waals surface area contributed by atoms with Gasteiger partial charge in [0.1, 0.15) is 11.3 Å². The molecule has 0 fully saturated rings. The van der Waals surface area contributed by atoms with Crippen LogP contribution >= 0.6 is 0 Å². The van der Waals surface area contributed by atoms with E-state index in [4.69, 9.17) is 9.40 Å². The first kappa shape index (κ1) is 31.6. The van der Waals surface area contributed by atoms with Crippen LogP contribution in [0, 0.1) is 24.8 Å². The molecule has 0 aliphatic heterocycles. The average Bonchev–Trinajstić information content (AvgIpc) is 3.39. The van der Waals surface area contributed by atoms with Crippen LogP contribution in [0.2, 0.25) is 0 Å². The Morgan fingerprint density at radius 3 is 2.20 bits per heavy atom. The number of carbonyl (C=O) groups excluding carboxylic acids is 1. The summed E-state index contributed by atoms with van der Waals surface area (Å²) in [6, 6.07) is 24.9. The molecule has 7 rings (SSSR count). The average molecular weight is 761 g/mol. The van der Waals surface area contributed by atoms with E-state index in [1.54, 1.807) is 0 Å². The van der Waals surface area contributed by atoms with Crippen LogP contribution in [0.4, 0.5) is 0 Å². The molecule has 5 heteroatoms. The van der Waals surface area contributed by atoms with E-state index in [1.807, 2.05) is 33.9 Å². The third-order valence-electron chi connectivity index (χ3n) is 9.12. The Labute approximate surface area is 271 Å². The number of carbonyl (C=O) groups is 1. The van der Waals surface area contributed by atoms with Crippen molar-refractivity contribution in [3.63, 3.8) is 0 Å². The molecule has 4 nitrogen and oxygen atoms in total. The Morgan fingerprint density at radius 2 is 1.50 bits per heavy atom. The van der Waals surface area contributed by atoms with Gasteiger partial charge in [0, 0.05) is 60.5 Å². The number of benzene rings is 5. The second kappa shape index (κ2) is 13.1. The number of fused-ring (bicyclic) bond motifs is 7. The second-order valence-electron chi connectivity index (χ2n) is 11.5. The molecule has 0 spiro atoms. The molecular formula is C39H38IrNO3-. The molecule has 0 atom stereocenters. The van der Waals surface area contributed by atoms with E-state index in [2.05, 4.69) is 73.7 Å². The fraction of sp³-hybridized carbons (Fsp3) is 0.282. The van der Waals surface area contributed by atoms with Gasteiger partial charge >= 0.3 is 0 Å². The Balaban J connectivity index is 0.000000209. The van der Waals surface area contributed by atoms with Gasteiger partial charge in [-0.1, -0.05) is 86.3 Å². The van der Waals surface area contributed by atoms with Crippen molar-refractivity contribution in [2.75, 3.05) is 0 Å². The molecule has 2 aromatic heterocycles. The number of aryl methyl sites for hydroxylation is 1. The Hall–Kier alpha value is -3.79. The van der Waals surface area contributed by atoms with E-state index >= 15 is 0 Å². The predicted octanol–water partition coefficient (Wildman–Crippen LogP) is 11.0. The van der Waals surface area contributed by atoms with Gasteiger partial charge in [0.15, 0.2) is 5.78 Å². The number of nitrogens with zero attached hydrogens (tertiary/aromatic N) is 1. The molecule has 7 aromatic rings. The van der Waals surface area contributed by atoms with Crippen LogP contribution < -0.4 is 0 Å². The first-order chi connectivity index (χ1) is 20.9. The molecule has 227 valence electrons. The van der Waals surface area contributed by atoms with Crippen LogP contribution in [-0.2, 0) is 24.9 Å². The molecular weight excluding hydrogens is 723 g/mol. The zero-order chi connectivity index (χ0) is 30.2. The number of hydrogen-bond donors (Lipinski definition) is 1. The van der Waals surface area contributed by atoms with Crippen LogP contribution in [0.25, 0.3) is 65.0 Å². The number of hydrogen-bond acceptors (Lipinski definition) is 4. The van der Waals surface area contributed by atoms with E-state index in [9.17, 15) is 9.90 Å².